The van der Waals surface area contributed by atoms with Gasteiger partial charge in [0.25, 0.3) is 15.9 Å². The first-order chi connectivity index (χ1) is 15.2. The van der Waals surface area contributed by atoms with Gasteiger partial charge in [0.1, 0.15) is 0 Å². The van der Waals surface area contributed by atoms with Gasteiger partial charge in [0.2, 0.25) is 0 Å². The highest BCUT2D eigenvalue weighted by Gasteiger charge is 2.18. The number of nitrogens with one attached hydrogen (secondary N) is 2. The van der Waals surface area contributed by atoms with Crippen molar-refractivity contribution < 1.29 is 13.2 Å². The van der Waals surface area contributed by atoms with Crippen LogP contribution in [-0.2, 0) is 10.0 Å². The molecule has 0 saturated heterocycles. The molecule has 0 aliphatic carbocycles. The van der Waals surface area contributed by atoms with Crippen molar-refractivity contribution in [2.45, 2.75) is 18.7 Å². The predicted molar refractivity (Wildman–Crippen MR) is 128 cm³/mol. The normalized spacial score (nSPS) is 11.3. The maximum atomic E-state index is 12.9. The smallest absolute Gasteiger partial charge is 0.262 e. The lowest BCUT2D eigenvalue weighted by Gasteiger charge is -2.12. The highest BCUT2D eigenvalue weighted by molar-refractivity contribution is 7.92. The summed E-state index contributed by atoms with van der Waals surface area (Å²) in [7, 11) is -3.90. The Morgan fingerprint density at radius 3 is 2.50 bits per heavy atom. The van der Waals surface area contributed by atoms with Crippen LogP contribution in [0.4, 0.5) is 11.4 Å². The molecule has 0 bridgehead atoms. The van der Waals surface area contributed by atoms with E-state index in [0.717, 1.165) is 16.5 Å². The third-order valence-corrected chi connectivity index (χ3v) is 6.62. The quantitative estimate of drug-likeness (QED) is 0.404. The zero-order chi connectivity index (χ0) is 22.9. The summed E-state index contributed by atoms with van der Waals surface area (Å²) >= 11 is 6.06. The van der Waals surface area contributed by atoms with Crippen LogP contribution in [0.2, 0.25) is 5.02 Å². The number of amides is 1. The van der Waals surface area contributed by atoms with Crippen molar-refractivity contribution in [3.63, 3.8) is 0 Å². The number of rotatable bonds is 5. The second-order valence-corrected chi connectivity index (χ2v) is 9.47. The first-order valence-corrected chi connectivity index (χ1v) is 11.7. The molecule has 1 amide bonds. The summed E-state index contributed by atoms with van der Waals surface area (Å²) in [6, 6.07) is 20.2. The Kier molecular flexibility index (Phi) is 5.86. The van der Waals surface area contributed by atoms with Crippen LogP contribution in [0.15, 0.2) is 77.7 Å². The number of hydrogen-bond donors (Lipinski definition) is 2. The molecule has 0 unspecified atom stereocenters. The van der Waals surface area contributed by atoms with Gasteiger partial charge in [-0.15, -0.1) is 0 Å². The summed E-state index contributed by atoms with van der Waals surface area (Å²) in [5.74, 6) is -0.369. The largest absolute Gasteiger partial charge is 0.322 e. The third kappa shape index (κ3) is 4.59. The van der Waals surface area contributed by atoms with Crippen molar-refractivity contribution in [2.24, 2.45) is 0 Å². The molecule has 1 aromatic heterocycles. The molecule has 0 fully saturated rings. The van der Waals surface area contributed by atoms with Gasteiger partial charge in [-0.2, -0.15) is 0 Å². The number of para-hydroxylation sites is 1. The molecule has 2 N–H and O–H groups in total. The number of fused-ring (bicyclic) bond motifs is 1. The number of aryl methyl sites for hydroxylation is 2. The average Bonchev–Trinajstić information content (AvgIpc) is 2.75. The summed E-state index contributed by atoms with van der Waals surface area (Å²) in [6.45, 7) is 3.74. The van der Waals surface area contributed by atoms with Gasteiger partial charge in [-0.05, 0) is 62.4 Å². The van der Waals surface area contributed by atoms with E-state index in [1.807, 2.05) is 25.1 Å². The van der Waals surface area contributed by atoms with E-state index in [1.165, 1.54) is 12.1 Å². The fraction of sp³-hybridized carbons (Fsp3) is 0.0833. The van der Waals surface area contributed by atoms with Crippen LogP contribution in [0.25, 0.3) is 10.9 Å². The molecule has 32 heavy (non-hydrogen) atoms. The molecule has 4 rings (SSSR count). The lowest BCUT2D eigenvalue weighted by molar-refractivity contribution is 0.102. The molecular weight excluding hydrogens is 446 g/mol. The van der Waals surface area contributed by atoms with Crippen LogP contribution in [0, 0.1) is 13.8 Å². The SMILES string of the molecule is Cc1ccc2nc(C)c(C(=O)Nc3cccc(S(=O)(=O)Nc4ccccc4Cl)c3)cc2c1. The van der Waals surface area contributed by atoms with Gasteiger partial charge in [0, 0.05) is 11.1 Å². The maximum absolute atomic E-state index is 12.9. The van der Waals surface area contributed by atoms with Crippen molar-refractivity contribution in [3.05, 3.63) is 94.6 Å². The number of aromatic nitrogens is 1. The minimum absolute atomic E-state index is 0.000738. The molecule has 0 radical (unpaired) electrons. The molecule has 0 saturated carbocycles. The van der Waals surface area contributed by atoms with E-state index in [1.54, 1.807) is 49.4 Å². The summed E-state index contributed by atoms with van der Waals surface area (Å²) < 4.78 is 28.1. The molecule has 0 atom stereocenters. The number of nitrogens with zero attached hydrogens (tertiary/aromatic N) is 1. The Bertz CT molecular complexity index is 1450. The summed E-state index contributed by atoms with van der Waals surface area (Å²) in [5.41, 5.74) is 3.51. The molecule has 162 valence electrons. The Balaban J connectivity index is 1.60. The summed E-state index contributed by atoms with van der Waals surface area (Å²) in [4.78, 5) is 17.4. The Morgan fingerprint density at radius 2 is 1.72 bits per heavy atom. The number of halogens is 1. The van der Waals surface area contributed by atoms with Crippen LogP contribution in [0.3, 0.4) is 0 Å². The van der Waals surface area contributed by atoms with E-state index in [0.29, 0.717) is 16.9 Å². The highest BCUT2D eigenvalue weighted by Crippen LogP contribution is 2.25. The van der Waals surface area contributed by atoms with Crippen LogP contribution >= 0.6 is 11.6 Å². The van der Waals surface area contributed by atoms with E-state index in [4.69, 9.17) is 11.6 Å². The average molecular weight is 466 g/mol. The molecule has 3 aromatic carbocycles. The molecule has 0 aliphatic rings. The van der Waals surface area contributed by atoms with E-state index < -0.39 is 10.0 Å². The van der Waals surface area contributed by atoms with Crippen molar-refractivity contribution in [2.75, 3.05) is 10.0 Å². The van der Waals surface area contributed by atoms with Crippen molar-refractivity contribution in [1.82, 2.24) is 4.98 Å². The minimum Gasteiger partial charge on any atom is -0.322 e. The first-order valence-electron chi connectivity index (χ1n) is 9.80. The number of sulfonamides is 1. The number of hydrogen-bond acceptors (Lipinski definition) is 4. The van der Waals surface area contributed by atoms with Crippen molar-refractivity contribution in [3.8, 4) is 0 Å². The molecule has 0 spiro atoms. The summed E-state index contributed by atoms with van der Waals surface area (Å²) in [5, 5.41) is 3.92. The molecule has 8 heteroatoms. The highest BCUT2D eigenvalue weighted by atomic mass is 35.5. The molecule has 6 nitrogen and oxygen atoms in total. The Labute approximate surface area is 191 Å². The second-order valence-electron chi connectivity index (χ2n) is 7.38. The molecule has 0 aliphatic heterocycles. The standard InChI is InChI=1S/C24H20ClN3O3S/c1-15-10-11-22-17(12-15)13-20(16(2)26-22)24(29)27-18-6-5-7-19(14-18)32(30,31)28-23-9-4-3-8-21(23)25/h3-14,28H,1-2H3,(H,27,29). The number of carbonyl (C=O) groups is 1. The van der Waals surface area contributed by atoms with Crippen LogP contribution in [-0.4, -0.2) is 19.3 Å². The lowest BCUT2D eigenvalue weighted by Crippen LogP contribution is -2.16. The number of carbonyl (C=O) groups excluding carboxylic acids is 1. The lowest BCUT2D eigenvalue weighted by atomic mass is 10.1. The maximum Gasteiger partial charge on any atom is 0.262 e. The Morgan fingerprint density at radius 1 is 0.938 bits per heavy atom. The first kappa shape index (κ1) is 21.8. The monoisotopic (exact) mass is 465 g/mol. The third-order valence-electron chi connectivity index (χ3n) is 4.93. The molecule has 1 heterocycles. The van der Waals surface area contributed by atoms with Gasteiger partial charge in [-0.1, -0.05) is 41.4 Å². The topological polar surface area (TPSA) is 88.2 Å². The minimum atomic E-state index is -3.90. The van der Waals surface area contributed by atoms with Gasteiger partial charge in [0.15, 0.2) is 0 Å². The number of pyridine rings is 1. The van der Waals surface area contributed by atoms with Crippen LogP contribution in [0.5, 0.6) is 0 Å². The number of anilines is 2. The van der Waals surface area contributed by atoms with Crippen LogP contribution < -0.4 is 10.0 Å². The Hall–Kier alpha value is -3.42. The molecule has 4 aromatic rings. The predicted octanol–water partition coefficient (Wildman–Crippen LogP) is 5.56. The fourth-order valence-electron chi connectivity index (χ4n) is 3.31. The van der Waals surface area contributed by atoms with Gasteiger partial charge in [-0.3, -0.25) is 14.5 Å². The van der Waals surface area contributed by atoms with E-state index in [9.17, 15) is 13.2 Å². The fourth-order valence-corrected chi connectivity index (χ4v) is 4.67. The summed E-state index contributed by atoms with van der Waals surface area (Å²) in [6.07, 6.45) is 0. The van der Waals surface area contributed by atoms with Gasteiger partial charge < -0.3 is 5.32 Å². The van der Waals surface area contributed by atoms with Crippen LogP contribution in [0.1, 0.15) is 21.6 Å². The van der Waals surface area contributed by atoms with E-state index in [2.05, 4.69) is 15.0 Å². The zero-order valence-corrected chi connectivity index (χ0v) is 19.0. The van der Waals surface area contributed by atoms with E-state index >= 15 is 0 Å². The second kappa shape index (κ2) is 8.61. The van der Waals surface area contributed by atoms with Gasteiger partial charge >= 0.3 is 0 Å². The van der Waals surface area contributed by atoms with Gasteiger partial charge in [-0.25, -0.2) is 8.42 Å². The van der Waals surface area contributed by atoms with Crippen molar-refractivity contribution in [1.29, 1.82) is 0 Å². The van der Waals surface area contributed by atoms with E-state index in [-0.39, 0.29) is 21.5 Å². The van der Waals surface area contributed by atoms with Gasteiger partial charge in [0.05, 0.1) is 32.4 Å². The zero-order valence-electron chi connectivity index (χ0n) is 17.4. The molecular formula is C24H20ClN3O3S. The number of benzene rings is 3. The van der Waals surface area contributed by atoms with Crippen molar-refractivity contribution >= 4 is 49.8 Å².